The Kier molecular flexibility index (Phi) is 2.83. The van der Waals surface area contributed by atoms with Crippen LogP contribution >= 0.6 is 31.9 Å². The Morgan fingerprint density at radius 1 is 1.23 bits per heavy atom. The van der Waals surface area contributed by atoms with Crippen LogP contribution in [-0.4, -0.2) is 23.1 Å². The van der Waals surface area contributed by atoms with Gasteiger partial charge in [0.15, 0.2) is 5.82 Å². The van der Waals surface area contributed by atoms with E-state index < -0.39 is 0 Å². The van der Waals surface area contributed by atoms with Gasteiger partial charge in [-0.15, -0.1) is 0 Å². The van der Waals surface area contributed by atoms with Crippen LogP contribution in [0.15, 0.2) is 15.4 Å². The van der Waals surface area contributed by atoms with Crippen LogP contribution in [0.5, 0.6) is 0 Å². The number of nitrogens with zero attached hydrogens (tertiary/aromatic N) is 3. The van der Waals surface area contributed by atoms with Crippen molar-refractivity contribution in [2.75, 3.05) is 18.0 Å². The van der Waals surface area contributed by atoms with Crippen molar-refractivity contribution in [3.05, 3.63) is 15.4 Å². The normalized spacial score (nSPS) is 16.6. The molecule has 0 aliphatic carbocycles. The van der Waals surface area contributed by atoms with Gasteiger partial charge in [0.2, 0.25) is 0 Å². The van der Waals surface area contributed by atoms with Crippen molar-refractivity contribution in [1.82, 2.24) is 9.97 Å². The standard InChI is InChI=1S/C8H9Br2N3/c9-6-5-11-8(7(10)12-6)13-3-1-2-4-13/h5H,1-4H2. The molecule has 0 N–H and O–H groups in total. The average Bonchev–Trinajstić information content (AvgIpc) is 2.56. The largest absolute Gasteiger partial charge is 0.354 e. The minimum atomic E-state index is 0.766. The monoisotopic (exact) mass is 305 g/mol. The smallest absolute Gasteiger partial charge is 0.161 e. The first kappa shape index (κ1) is 9.40. The van der Waals surface area contributed by atoms with E-state index in [2.05, 4.69) is 46.7 Å². The maximum absolute atomic E-state index is 4.33. The first-order chi connectivity index (χ1) is 6.27. The van der Waals surface area contributed by atoms with Crippen molar-refractivity contribution in [2.45, 2.75) is 12.8 Å². The molecule has 1 aliphatic rings. The van der Waals surface area contributed by atoms with E-state index in [1.54, 1.807) is 6.20 Å². The van der Waals surface area contributed by atoms with Gasteiger partial charge in [0.1, 0.15) is 9.21 Å². The predicted molar refractivity (Wildman–Crippen MR) is 58.9 cm³/mol. The van der Waals surface area contributed by atoms with Gasteiger partial charge in [0, 0.05) is 13.1 Å². The van der Waals surface area contributed by atoms with Gasteiger partial charge in [-0.3, -0.25) is 0 Å². The molecule has 1 aromatic heterocycles. The number of hydrogen-bond donors (Lipinski definition) is 0. The van der Waals surface area contributed by atoms with Crippen molar-refractivity contribution >= 4 is 37.7 Å². The van der Waals surface area contributed by atoms with Crippen molar-refractivity contribution in [1.29, 1.82) is 0 Å². The van der Waals surface area contributed by atoms with E-state index >= 15 is 0 Å². The molecule has 0 bridgehead atoms. The van der Waals surface area contributed by atoms with Crippen LogP contribution in [0, 0.1) is 0 Å². The highest BCUT2D eigenvalue weighted by atomic mass is 79.9. The van der Waals surface area contributed by atoms with E-state index in [-0.39, 0.29) is 0 Å². The summed E-state index contributed by atoms with van der Waals surface area (Å²) in [6.45, 7) is 2.18. The zero-order valence-electron chi connectivity index (χ0n) is 7.00. The highest BCUT2D eigenvalue weighted by molar-refractivity contribution is 9.11. The lowest BCUT2D eigenvalue weighted by atomic mass is 10.4. The molecule has 1 fully saturated rings. The Bertz CT molecular complexity index is 310. The fraction of sp³-hybridized carbons (Fsp3) is 0.500. The highest BCUT2D eigenvalue weighted by Crippen LogP contribution is 2.25. The Balaban J connectivity index is 2.29. The molecule has 0 radical (unpaired) electrons. The Morgan fingerprint density at radius 2 is 1.92 bits per heavy atom. The van der Waals surface area contributed by atoms with Crippen molar-refractivity contribution in [2.24, 2.45) is 0 Å². The molecule has 13 heavy (non-hydrogen) atoms. The average molecular weight is 307 g/mol. The van der Waals surface area contributed by atoms with E-state index in [0.717, 1.165) is 28.1 Å². The van der Waals surface area contributed by atoms with Crippen molar-refractivity contribution in [3.63, 3.8) is 0 Å². The lowest BCUT2D eigenvalue weighted by Crippen LogP contribution is -2.19. The molecule has 0 amide bonds. The second-order valence-electron chi connectivity index (χ2n) is 3.00. The third-order valence-corrected chi connectivity index (χ3v) is 3.00. The molecule has 2 rings (SSSR count). The number of aromatic nitrogens is 2. The molecule has 1 aliphatic heterocycles. The molecule has 0 unspecified atom stereocenters. The molecule has 1 aromatic rings. The van der Waals surface area contributed by atoms with Crippen molar-refractivity contribution < 1.29 is 0 Å². The lowest BCUT2D eigenvalue weighted by Gasteiger charge is -2.16. The minimum absolute atomic E-state index is 0.766. The molecular formula is C8H9Br2N3. The van der Waals surface area contributed by atoms with E-state index in [1.165, 1.54) is 12.8 Å². The van der Waals surface area contributed by atoms with E-state index in [4.69, 9.17) is 0 Å². The minimum Gasteiger partial charge on any atom is -0.354 e. The fourth-order valence-corrected chi connectivity index (χ4v) is 2.54. The third kappa shape index (κ3) is 2.02. The second kappa shape index (κ2) is 3.92. The molecular weight excluding hydrogens is 298 g/mol. The number of anilines is 1. The zero-order chi connectivity index (χ0) is 9.26. The number of hydrogen-bond acceptors (Lipinski definition) is 3. The Hall–Kier alpha value is -0.160. The lowest BCUT2D eigenvalue weighted by molar-refractivity contribution is 0.914. The highest BCUT2D eigenvalue weighted by Gasteiger charge is 2.16. The zero-order valence-corrected chi connectivity index (χ0v) is 10.2. The number of halogens is 2. The van der Waals surface area contributed by atoms with Crippen LogP contribution in [0.4, 0.5) is 5.82 Å². The predicted octanol–water partition coefficient (Wildman–Crippen LogP) is 2.60. The SMILES string of the molecule is Brc1cnc(N2CCCC2)c(Br)n1. The first-order valence-electron chi connectivity index (χ1n) is 4.20. The van der Waals surface area contributed by atoms with E-state index in [9.17, 15) is 0 Å². The third-order valence-electron chi connectivity index (χ3n) is 2.09. The van der Waals surface area contributed by atoms with Crippen LogP contribution in [0.1, 0.15) is 12.8 Å². The van der Waals surface area contributed by atoms with Crippen LogP contribution in [0.3, 0.4) is 0 Å². The van der Waals surface area contributed by atoms with Gasteiger partial charge in [-0.1, -0.05) is 0 Å². The van der Waals surface area contributed by atoms with Gasteiger partial charge < -0.3 is 4.90 Å². The van der Waals surface area contributed by atoms with Crippen LogP contribution in [0.2, 0.25) is 0 Å². The molecule has 5 heteroatoms. The molecule has 0 atom stereocenters. The van der Waals surface area contributed by atoms with Gasteiger partial charge in [0.05, 0.1) is 6.20 Å². The summed E-state index contributed by atoms with van der Waals surface area (Å²) in [5.74, 6) is 0.959. The quantitative estimate of drug-likeness (QED) is 0.798. The molecule has 2 heterocycles. The van der Waals surface area contributed by atoms with Crippen LogP contribution in [0.25, 0.3) is 0 Å². The number of rotatable bonds is 1. The van der Waals surface area contributed by atoms with Gasteiger partial charge >= 0.3 is 0 Å². The van der Waals surface area contributed by atoms with Gasteiger partial charge in [-0.05, 0) is 44.7 Å². The Labute approximate surface area is 93.8 Å². The van der Waals surface area contributed by atoms with Crippen molar-refractivity contribution in [3.8, 4) is 0 Å². The van der Waals surface area contributed by atoms with Crippen LogP contribution < -0.4 is 4.90 Å². The molecule has 3 nitrogen and oxygen atoms in total. The summed E-state index contributed by atoms with van der Waals surface area (Å²) < 4.78 is 1.59. The van der Waals surface area contributed by atoms with Gasteiger partial charge in [-0.2, -0.15) is 0 Å². The van der Waals surface area contributed by atoms with E-state index in [1.807, 2.05) is 0 Å². The summed E-state index contributed by atoms with van der Waals surface area (Å²) in [5, 5.41) is 0. The molecule has 0 spiro atoms. The van der Waals surface area contributed by atoms with Gasteiger partial charge in [0.25, 0.3) is 0 Å². The van der Waals surface area contributed by atoms with Gasteiger partial charge in [-0.25, -0.2) is 9.97 Å². The molecule has 0 aromatic carbocycles. The maximum Gasteiger partial charge on any atom is 0.161 e. The van der Waals surface area contributed by atoms with E-state index in [0.29, 0.717) is 0 Å². The summed E-state index contributed by atoms with van der Waals surface area (Å²) in [6.07, 6.45) is 4.24. The van der Waals surface area contributed by atoms with Crippen LogP contribution in [-0.2, 0) is 0 Å². The first-order valence-corrected chi connectivity index (χ1v) is 5.79. The molecule has 70 valence electrons. The molecule has 1 saturated heterocycles. The fourth-order valence-electron chi connectivity index (χ4n) is 1.48. The maximum atomic E-state index is 4.33. The summed E-state index contributed by atoms with van der Waals surface area (Å²) in [5.41, 5.74) is 0. The topological polar surface area (TPSA) is 29.0 Å². The summed E-state index contributed by atoms with van der Waals surface area (Å²) in [6, 6.07) is 0. The Morgan fingerprint density at radius 3 is 2.54 bits per heavy atom. The second-order valence-corrected chi connectivity index (χ2v) is 4.56. The molecule has 0 saturated carbocycles. The summed E-state index contributed by atoms with van der Waals surface area (Å²) in [4.78, 5) is 10.8. The summed E-state index contributed by atoms with van der Waals surface area (Å²) in [7, 11) is 0. The summed E-state index contributed by atoms with van der Waals surface area (Å²) >= 11 is 6.69.